The van der Waals surface area contributed by atoms with Crippen LogP contribution in [0, 0.1) is 11.3 Å². The highest BCUT2D eigenvalue weighted by atomic mass is 35.5. The molecule has 0 heterocycles. The van der Waals surface area contributed by atoms with E-state index in [9.17, 15) is 4.79 Å². The number of hydrogen-bond donors (Lipinski definition) is 0. The van der Waals surface area contributed by atoms with Gasteiger partial charge < -0.3 is 0 Å². The van der Waals surface area contributed by atoms with E-state index in [0.29, 0.717) is 21.5 Å². The average molecular weight is 299 g/mol. The number of carbonyl (C=O) groups is 1. The van der Waals surface area contributed by atoms with Crippen LogP contribution in [-0.2, 0) is 0 Å². The molecule has 0 atom stereocenters. The maximum atomic E-state index is 12.9. The van der Waals surface area contributed by atoms with Crippen LogP contribution < -0.4 is 0 Å². The molecular formula is C16H20Cl2O. The zero-order chi connectivity index (χ0) is 14.0. The van der Waals surface area contributed by atoms with Gasteiger partial charge in [0.2, 0.25) is 0 Å². The molecule has 19 heavy (non-hydrogen) atoms. The Morgan fingerprint density at radius 2 is 1.89 bits per heavy atom. The fourth-order valence-electron chi connectivity index (χ4n) is 3.32. The SMILES string of the molecule is CC(C)CC1(C(=O)c2ccc(Cl)cc2Cl)CCCC1. The summed E-state index contributed by atoms with van der Waals surface area (Å²) in [5, 5.41) is 1.05. The molecule has 0 N–H and O–H groups in total. The molecule has 3 heteroatoms. The van der Waals surface area contributed by atoms with Gasteiger partial charge in [-0.1, -0.05) is 49.9 Å². The molecule has 1 nitrogen and oxygen atoms in total. The van der Waals surface area contributed by atoms with Crippen molar-refractivity contribution in [1.29, 1.82) is 0 Å². The first-order chi connectivity index (χ1) is 8.94. The van der Waals surface area contributed by atoms with E-state index in [1.807, 2.05) is 0 Å². The predicted octanol–water partition coefficient (Wildman–Crippen LogP) is 5.78. The first kappa shape index (κ1) is 14.9. The van der Waals surface area contributed by atoms with Gasteiger partial charge in [0.05, 0.1) is 5.02 Å². The lowest BCUT2D eigenvalue weighted by Crippen LogP contribution is -2.30. The van der Waals surface area contributed by atoms with E-state index in [4.69, 9.17) is 23.2 Å². The Morgan fingerprint density at radius 1 is 1.26 bits per heavy atom. The van der Waals surface area contributed by atoms with Crippen molar-refractivity contribution in [2.45, 2.75) is 46.0 Å². The minimum atomic E-state index is -0.203. The fourth-order valence-corrected chi connectivity index (χ4v) is 3.81. The number of rotatable bonds is 4. The molecule has 0 aromatic heterocycles. The Balaban J connectivity index is 2.34. The highest BCUT2D eigenvalue weighted by Gasteiger charge is 2.42. The molecule has 0 amide bonds. The number of ketones is 1. The van der Waals surface area contributed by atoms with Crippen LogP contribution in [0.4, 0.5) is 0 Å². The Labute approximate surface area is 125 Å². The molecule has 1 saturated carbocycles. The van der Waals surface area contributed by atoms with Crippen molar-refractivity contribution in [3.63, 3.8) is 0 Å². The second-order valence-electron chi connectivity index (χ2n) is 6.04. The minimum Gasteiger partial charge on any atom is -0.294 e. The van der Waals surface area contributed by atoms with E-state index in [1.54, 1.807) is 18.2 Å². The largest absolute Gasteiger partial charge is 0.294 e. The third-order valence-corrected chi connectivity index (χ3v) is 4.56. The summed E-state index contributed by atoms with van der Waals surface area (Å²) >= 11 is 12.1. The molecule has 0 saturated heterocycles. The van der Waals surface area contributed by atoms with Crippen LogP contribution in [0.15, 0.2) is 18.2 Å². The lowest BCUT2D eigenvalue weighted by atomic mass is 9.73. The van der Waals surface area contributed by atoms with Crippen LogP contribution in [-0.4, -0.2) is 5.78 Å². The van der Waals surface area contributed by atoms with Crippen LogP contribution in [0.25, 0.3) is 0 Å². The van der Waals surface area contributed by atoms with E-state index in [2.05, 4.69) is 13.8 Å². The van der Waals surface area contributed by atoms with Gasteiger partial charge in [0.1, 0.15) is 0 Å². The van der Waals surface area contributed by atoms with Crippen LogP contribution in [0.2, 0.25) is 10.0 Å². The van der Waals surface area contributed by atoms with Gasteiger partial charge in [0.15, 0.2) is 5.78 Å². The van der Waals surface area contributed by atoms with Crippen LogP contribution in [0.1, 0.15) is 56.3 Å². The molecular weight excluding hydrogens is 279 g/mol. The van der Waals surface area contributed by atoms with Crippen molar-refractivity contribution in [1.82, 2.24) is 0 Å². The van der Waals surface area contributed by atoms with E-state index in [-0.39, 0.29) is 11.2 Å². The van der Waals surface area contributed by atoms with Crippen molar-refractivity contribution in [3.8, 4) is 0 Å². The normalized spacial score (nSPS) is 17.9. The smallest absolute Gasteiger partial charge is 0.170 e. The summed E-state index contributed by atoms with van der Waals surface area (Å²) in [7, 11) is 0. The summed E-state index contributed by atoms with van der Waals surface area (Å²) in [5.41, 5.74) is 0.430. The van der Waals surface area contributed by atoms with Gasteiger partial charge in [-0.3, -0.25) is 4.79 Å². The molecule has 0 unspecified atom stereocenters. The van der Waals surface area contributed by atoms with Gasteiger partial charge in [0.25, 0.3) is 0 Å². The van der Waals surface area contributed by atoms with E-state index < -0.39 is 0 Å². The Bertz CT molecular complexity index is 474. The van der Waals surface area contributed by atoms with Gasteiger partial charge >= 0.3 is 0 Å². The summed E-state index contributed by atoms with van der Waals surface area (Å²) in [6, 6.07) is 5.18. The molecule has 0 radical (unpaired) electrons. The van der Waals surface area contributed by atoms with Gasteiger partial charge in [0, 0.05) is 16.0 Å². The number of Topliss-reactive ketones (excluding diaryl/α,β-unsaturated/α-hetero) is 1. The standard InChI is InChI=1S/C16H20Cl2O/c1-11(2)10-16(7-3-4-8-16)15(19)13-6-5-12(17)9-14(13)18/h5-6,9,11H,3-4,7-8,10H2,1-2H3. The van der Waals surface area contributed by atoms with Crippen molar-refractivity contribution in [3.05, 3.63) is 33.8 Å². The highest BCUT2D eigenvalue weighted by Crippen LogP contribution is 2.46. The molecule has 1 fully saturated rings. The summed E-state index contributed by atoms with van der Waals surface area (Å²) in [5.74, 6) is 0.730. The quantitative estimate of drug-likeness (QED) is 0.644. The summed E-state index contributed by atoms with van der Waals surface area (Å²) in [6.45, 7) is 4.35. The second kappa shape index (κ2) is 5.85. The number of halogens is 2. The molecule has 104 valence electrons. The zero-order valence-corrected chi connectivity index (χ0v) is 13.0. The number of benzene rings is 1. The van der Waals surface area contributed by atoms with Crippen molar-refractivity contribution < 1.29 is 4.79 Å². The first-order valence-corrected chi connectivity index (χ1v) is 7.70. The van der Waals surface area contributed by atoms with Gasteiger partial charge in [-0.05, 0) is 43.4 Å². The molecule has 0 aliphatic heterocycles. The first-order valence-electron chi connectivity index (χ1n) is 6.94. The van der Waals surface area contributed by atoms with Crippen LogP contribution in [0.5, 0.6) is 0 Å². The highest BCUT2D eigenvalue weighted by molar-refractivity contribution is 6.37. The number of hydrogen-bond acceptors (Lipinski definition) is 1. The topological polar surface area (TPSA) is 17.1 Å². The Hall–Kier alpha value is -0.530. The molecule has 1 aliphatic rings. The predicted molar refractivity (Wildman–Crippen MR) is 81.1 cm³/mol. The fraction of sp³-hybridized carbons (Fsp3) is 0.562. The molecule has 1 aromatic rings. The monoisotopic (exact) mass is 298 g/mol. The second-order valence-corrected chi connectivity index (χ2v) is 6.88. The van der Waals surface area contributed by atoms with Crippen molar-refractivity contribution in [2.24, 2.45) is 11.3 Å². The Kier molecular flexibility index (Phi) is 4.58. The zero-order valence-electron chi connectivity index (χ0n) is 11.5. The average Bonchev–Trinajstić information content (AvgIpc) is 2.77. The molecule has 2 rings (SSSR count). The van der Waals surface area contributed by atoms with E-state index in [1.165, 1.54) is 0 Å². The molecule has 0 spiro atoms. The van der Waals surface area contributed by atoms with Crippen molar-refractivity contribution >= 4 is 29.0 Å². The molecule has 1 aliphatic carbocycles. The molecule has 0 bridgehead atoms. The van der Waals surface area contributed by atoms with Gasteiger partial charge in [-0.2, -0.15) is 0 Å². The van der Waals surface area contributed by atoms with Crippen molar-refractivity contribution in [2.75, 3.05) is 0 Å². The van der Waals surface area contributed by atoms with Gasteiger partial charge in [-0.25, -0.2) is 0 Å². The minimum absolute atomic E-state index is 0.203. The van der Waals surface area contributed by atoms with Crippen LogP contribution >= 0.6 is 23.2 Å². The lowest BCUT2D eigenvalue weighted by molar-refractivity contribution is 0.0760. The maximum Gasteiger partial charge on any atom is 0.170 e. The van der Waals surface area contributed by atoms with Gasteiger partial charge in [-0.15, -0.1) is 0 Å². The third kappa shape index (κ3) is 3.14. The van der Waals surface area contributed by atoms with E-state index >= 15 is 0 Å². The van der Waals surface area contributed by atoms with Crippen LogP contribution in [0.3, 0.4) is 0 Å². The molecule has 1 aromatic carbocycles. The maximum absolute atomic E-state index is 12.9. The number of carbonyl (C=O) groups excluding carboxylic acids is 1. The Morgan fingerprint density at radius 3 is 2.42 bits per heavy atom. The summed E-state index contributed by atoms with van der Waals surface area (Å²) < 4.78 is 0. The summed E-state index contributed by atoms with van der Waals surface area (Å²) in [6.07, 6.45) is 5.21. The third-order valence-electron chi connectivity index (χ3n) is 4.02. The summed E-state index contributed by atoms with van der Waals surface area (Å²) in [4.78, 5) is 12.9. The lowest BCUT2D eigenvalue weighted by Gasteiger charge is -2.29. The van der Waals surface area contributed by atoms with E-state index in [0.717, 1.165) is 32.1 Å².